The van der Waals surface area contributed by atoms with E-state index in [1.165, 1.54) is 24.8 Å². The molecule has 2 rings (SSSR count). The molecule has 1 aromatic carbocycles. The second-order valence-electron chi connectivity index (χ2n) is 5.43. The predicted octanol–water partition coefficient (Wildman–Crippen LogP) is 2.92. The largest absolute Gasteiger partial charge is 0.303 e. The molecule has 0 aliphatic carbocycles. The lowest BCUT2D eigenvalue weighted by atomic mass is 9.90. The maximum Gasteiger partial charge on any atom is 0.131 e. The molecule has 0 N–H and O–H groups in total. The minimum absolute atomic E-state index is 0.307. The van der Waals surface area contributed by atoms with Crippen molar-refractivity contribution in [3.63, 3.8) is 0 Å². The van der Waals surface area contributed by atoms with E-state index in [4.69, 9.17) is 0 Å². The molecule has 2 heteroatoms. The minimum Gasteiger partial charge on any atom is -0.303 e. The summed E-state index contributed by atoms with van der Waals surface area (Å²) in [5.41, 5.74) is 1.46. The van der Waals surface area contributed by atoms with E-state index in [2.05, 4.69) is 35.2 Å². The van der Waals surface area contributed by atoms with Crippen LogP contribution in [-0.2, 0) is 11.2 Å². The summed E-state index contributed by atoms with van der Waals surface area (Å²) in [5.74, 6) is 1.13. The molecule has 0 bridgehead atoms. The normalized spacial score (nSPS) is 17.8. The van der Waals surface area contributed by atoms with Crippen molar-refractivity contribution in [2.75, 3.05) is 19.6 Å². The lowest BCUT2D eigenvalue weighted by Gasteiger charge is -2.31. The van der Waals surface area contributed by atoms with Gasteiger partial charge in [0.2, 0.25) is 0 Å². The van der Waals surface area contributed by atoms with E-state index in [9.17, 15) is 4.79 Å². The smallest absolute Gasteiger partial charge is 0.131 e. The molecule has 1 heterocycles. The lowest BCUT2D eigenvalue weighted by molar-refractivity contribution is -0.117. The first-order chi connectivity index (χ1) is 8.74. The molecule has 18 heavy (non-hydrogen) atoms. The zero-order valence-corrected chi connectivity index (χ0v) is 11.3. The van der Waals surface area contributed by atoms with Gasteiger partial charge in [0, 0.05) is 13.0 Å². The third kappa shape index (κ3) is 4.26. The summed E-state index contributed by atoms with van der Waals surface area (Å²) in [6, 6.07) is 10.8. The Balaban J connectivity index is 1.72. The Kier molecular flexibility index (Phi) is 4.94. The quantitative estimate of drug-likeness (QED) is 0.795. The summed E-state index contributed by atoms with van der Waals surface area (Å²) in [6.45, 7) is 4.95. The van der Waals surface area contributed by atoms with E-state index in [0.29, 0.717) is 12.2 Å². The number of ketones is 1. The SMILES string of the molecule is CC(=O)CCN1CCC(Cc2ccccc2)CC1. The van der Waals surface area contributed by atoms with Gasteiger partial charge in [0.05, 0.1) is 0 Å². The number of hydrogen-bond acceptors (Lipinski definition) is 2. The molecule has 0 atom stereocenters. The topological polar surface area (TPSA) is 20.3 Å². The summed E-state index contributed by atoms with van der Waals surface area (Å²) < 4.78 is 0. The molecule has 0 amide bonds. The van der Waals surface area contributed by atoms with E-state index in [-0.39, 0.29) is 0 Å². The first-order valence-corrected chi connectivity index (χ1v) is 7.00. The Hall–Kier alpha value is -1.15. The van der Waals surface area contributed by atoms with Crippen molar-refractivity contribution in [3.8, 4) is 0 Å². The van der Waals surface area contributed by atoms with Crippen molar-refractivity contribution < 1.29 is 4.79 Å². The van der Waals surface area contributed by atoms with Crippen LogP contribution in [0.25, 0.3) is 0 Å². The summed E-state index contributed by atoms with van der Waals surface area (Å²) in [4.78, 5) is 13.4. The van der Waals surface area contributed by atoms with E-state index < -0.39 is 0 Å². The molecular formula is C16H23NO. The van der Waals surface area contributed by atoms with Gasteiger partial charge in [-0.3, -0.25) is 4.79 Å². The van der Waals surface area contributed by atoms with Gasteiger partial charge in [-0.15, -0.1) is 0 Å². The predicted molar refractivity (Wildman–Crippen MR) is 74.6 cm³/mol. The molecule has 1 fully saturated rings. The molecule has 98 valence electrons. The van der Waals surface area contributed by atoms with Crippen LogP contribution in [0.3, 0.4) is 0 Å². The second kappa shape index (κ2) is 6.69. The minimum atomic E-state index is 0.307. The van der Waals surface area contributed by atoms with Crippen molar-refractivity contribution in [3.05, 3.63) is 35.9 Å². The van der Waals surface area contributed by atoms with Crippen molar-refractivity contribution in [2.45, 2.75) is 32.6 Å². The number of benzene rings is 1. The number of piperidine rings is 1. The first-order valence-electron chi connectivity index (χ1n) is 7.00. The summed E-state index contributed by atoms with van der Waals surface area (Å²) >= 11 is 0. The number of Topliss-reactive ketones (excluding diaryl/α,β-unsaturated/α-hetero) is 1. The standard InChI is InChI=1S/C16H23NO/c1-14(18)7-10-17-11-8-16(9-12-17)13-15-5-3-2-4-6-15/h2-6,16H,7-13H2,1H3. The molecule has 1 saturated heterocycles. The Morgan fingerprint density at radius 1 is 1.22 bits per heavy atom. The van der Waals surface area contributed by atoms with Gasteiger partial charge >= 0.3 is 0 Å². The molecule has 0 spiro atoms. The fourth-order valence-electron chi connectivity index (χ4n) is 2.68. The molecule has 0 saturated carbocycles. The molecule has 1 aromatic rings. The van der Waals surface area contributed by atoms with Crippen LogP contribution >= 0.6 is 0 Å². The van der Waals surface area contributed by atoms with Crippen LogP contribution in [0.1, 0.15) is 31.7 Å². The Labute approximate surface area is 110 Å². The van der Waals surface area contributed by atoms with Gasteiger partial charge in [0.1, 0.15) is 5.78 Å². The van der Waals surface area contributed by atoms with Gasteiger partial charge in [0.25, 0.3) is 0 Å². The maximum absolute atomic E-state index is 11.0. The van der Waals surface area contributed by atoms with E-state index in [0.717, 1.165) is 25.6 Å². The average Bonchev–Trinajstić information content (AvgIpc) is 2.39. The highest BCUT2D eigenvalue weighted by Crippen LogP contribution is 2.21. The lowest BCUT2D eigenvalue weighted by Crippen LogP contribution is -2.35. The first kappa shape index (κ1) is 13.3. The van der Waals surface area contributed by atoms with Crippen LogP contribution in [0.15, 0.2) is 30.3 Å². The highest BCUT2D eigenvalue weighted by Gasteiger charge is 2.19. The van der Waals surface area contributed by atoms with Gasteiger partial charge < -0.3 is 4.90 Å². The molecule has 2 nitrogen and oxygen atoms in total. The van der Waals surface area contributed by atoms with Crippen LogP contribution in [0.5, 0.6) is 0 Å². The van der Waals surface area contributed by atoms with Crippen molar-refractivity contribution >= 4 is 5.78 Å². The van der Waals surface area contributed by atoms with Crippen molar-refractivity contribution in [1.29, 1.82) is 0 Å². The number of hydrogen-bond donors (Lipinski definition) is 0. The maximum atomic E-state index is 11.0. The van der Waals surface area contributed by atoms with E-state index >= 15 is 0 Å². The third-order valence-electron chi connectivity index (χ3n) is 3.85. The second-order valence-corrected chi connectivity index (χ2v) is 5.43. The zero-order valence-electron chi connectivity index (χ0n) is 11.3. The summed E-state index contributed by atoms with van der Waals surface area (Å²) in [7, 11) is 0. The van der Waals surface area contributed by atoms with Gasteiger partial charge in [-0.2, -0.15) is 0 Å². The zero-order chi connectivity index (χ0) is 12.8. The third-order valence-corrected chi connectivity index (χ3v) is 3.85. The fraction of sp³-hybridized carbons (Fsp3) is 0.562. The highest BCUT2D eigenvalue weighted by atomic mass is 16.1. The van der Waals surface area contributed by atoms with Crippen LogP contribution < -0.4 is 0 Å². The van der Waals surface area contributed by atoms with Gasteiger partial charge in [-0.05, 0) is 50.8 Å². The number of carbonyl (C=O) groups is 1. The van der Waals surface area contributed by atoms with Crippen molar-refractivity contribution in [1.82, 2.24) is 4.90 Å². The van der Waals surface area contributed by atoms with E-state index in [1.807, 2.05) is 0 Å². The Bertz CT molecular complexity index is 366. The molecule has 0 aromatic heterocycles. The highest BCUT2D eigenvalue weighted by molar-refractivity contribution is 5.75. The number of nitrogens with zero attached hydrogens (tertiary/aromatic N) is 1. The Morgan fingerprint density at radius 2 is 1.89 bits per heavy atom. The molecular weight excluding hydrogens is 222 g/mol. The van der Waals surface area contributed by atoms with E-state index in [1.54, 1.807) is 6.92 Å². The average molecular weight is 245 g/mol. The van der Waals surface area contributed by atoms with Crippen LogP contribution in [0.4, 0.5) is 0 Å². The number of likely N-dealkylation sites (tertiary alicyclic amines) is 1. The Morgan fingerprint density at radius 3 is 2.50 bits per heavy atom. The van der Waals surface area contributed by atoms with Gasteiger partial charge in [0.15, 0.2) is 0 Å². The molecule has 0 unspecified atom stereocenters. The van der Waals surface area contributed by atoms with Crippen molar-refractivity contribution in [2.24, 2.45) is 5.92 Å². The summed E-state index contributed by atoms with van der Waals surface area (Å²) in [6.07, 6.45) is 4.46. The monoisotopic (exact) mass is 245 g/mol. The fourth-order valence-corrected chi connectivity index (χ4v) is 2.68. The number of rotatable bonds is 5. The molecule has 1 aliphatic rings. The van der Waals surface area contributed by atoms with Gasteiger partial charge in [-0.25, -0.2) is 0 Å². The molecule has 1 aliphatic heterocycles. The van der Waals surface area contributed by atoms with Crippen LogP contribution in [0.2, 0.25) is 0 Å². The number of carbonyl (C=O) groups excluding carboxylic acids is 1. The molecule has 0 radical (unpaired) electrons. The van der Waals surface area contributed by atoms with Crippen LogP contribution in [0, 0.1) is 5.92 Å². The summed E-state index contributed by atoms with van der Waals surface area (Å²) in [5, 5.41) is 0. The van der Waals surface area contributed by atoms with Crippen LogP contribution in [-0.4, -0.2) is 30.3 Å². The van der Waals surface area contributed by atoms with Gasteiger partial charge in [-0.1, -0.05) is 30.3 Å².